The van der Waals surface area contributed by atoms with E-state index in [-0.39, 0.29) is 6.04 Å². The van der Waals surface area contributed by atoms with Crippen molar-refractivity contribution in [2.75, 3.05) is 7.05 Å². The van der Waals surface area contributed by atoms with Crippen LogP contribution < -0.4 is 5.32 Å². The smallest absolute Gasteiger partial charge is 0.194 e. The summed E-state index contributed by atoms with van der Waals surface area (Å²) >= 11 is 1.68. The number of hydrogen-bond donors (Lipinski definition) is 1. The molecule has 0 fully saturated rings. The highest BCUT2D eigenvalue weighted by atomic mass is 32.1. The zero-order chi connectivity index (χ0) is 14.7. The number of aryl methyl sites for hydroxylation is 1. The highest BCUT2D eigenvalue weighted by Gasteiger charge is 2.17. The Balaban J connectivity index is 2.23. The van der Waals surface area contributed by atoms with Gasteiger partial charge in [-0.15, -0.1) is 11.3 Å². The lowest BCUT2D eigenvalue weighted by Crippen LogP contribution is -2.19. The van der Waals surface area contributed by atoms with Gasteiger partial charge in [0.25, 0.3) is 0 Å². The average molecular weight is 299 g/mol. The fourth-order valence-electron chi connectivity index (χ4n) is 2.09. The van der Waals surface area contributed by atoms with E-state index in [0.29, 0.717) is 12.0 Å². The summed E-state index contributed by atoms with van der Waals surface area (Å²) in [5.41, 5.74) is 0.412. The van der Waals surface area contributed by atoms with Crippen LogP contribution in [0.25, 0.3) is 0 Å². The molecule has 0 spiro atoms. The van der Waals surface area contributed by atoms with Crippen LogP contribution in [-0.4, -0.2) is 7.05 Å². The lowest BCUT2D eigenvalue weighted by molar-refractivity contribution is 0.441. The van der Waals surface area contributed by atoms with Crippen molar-refractivity contribution in [3.63, 3.8) is 0 Å². The summed E-state index contributed by atoms with van der Waals surface area (Å²) in [5.74, 6) is -3.73. The molecular formula is C15H16F3NS. The van der Waals surface area contributed by atoms with Crippen molar-refractivity contribution in [1.29, 1.82) is 0 Å². The van der Waals surface area contributed by atoms with E-state index in [0.717, 1.165) is 23.4 Å². The second-order valence-corrected chi connectivity index (χ2v) is 5.82. The largest absolute Gasteiger partial charge is 0.313 e. The molecule has 1 heterocycles. The summed E-state index contributed by atoms with van der Waals surface area (Å²) < 4.78 is 39.6. The van der Waals surface area contributed by atoms with Gasteiger partial charge in [-0.25, -0.2) is 13.2 Å². The number of thiophene rings is 1. The van der Waals surface area contributed by atoms with Crippen molar-refractivity contribution in [2.45, 2.75) is 25.8 Å². The number of likely N-dealkylation sites (N-methyl/N-ethyl adjacent to an activating group) is 1. The molecule has 2 rings (SSSR count). The van der Waals surface area contributed by atoms with Gasteiger partial charge in [-0.05, 0) is 43.3 Å². The van der Waals surface area contributed by atoms with Crippen LogP contribution >= 0.6 is 11.3 Å². The summed E-state index contributed by atoms with van der Waals surface area (Å²) in [4.78, 5) is 2.40. The minimum absolute atomic E-state index is 0.247. The Kier molecular flexibility index (Phi) is 4.83. The normalized spacial score (nSPS) is 12.7. The van der Waals surface area contributed by atoms with Crippen LogP contribution in [0.15, 0.2) is 24.3 Å². The molecule has 0 aliphatic heterocycles. The molecule has 0 saturated heterocycles. The maximum Gasteiger partial charge on any atom is 0.194 e. The van der Waals surface area contributed by atoms with Gasteiger partial charge < -0.3 is 5.32 Å². The standard InChI is InChI=1S/C15H16F3NS/c1-3-10-4-5-11(20-10)8-14(19-2)9-6-12(16)15(18)13(17)7-9/h4-7,14,19H,3,8H2,1-2H3. The van der Waals surface area contributed by atoms with E-state index in [9.17, 15) is 13.2 Å². The number of nitrogens with one attached hydrogen (secondary N) is 1. The molecule has 1 aromatic heterocycles. The van der Waals surface area contributed by atoms with Crippen LogP contribution in [0.2, 0.25) is 0 Å². The number of halogens is 3. The molecule has 0 aliphatic rings. The van der Waals surface area contributed by atoms with Crippen LogP contribution in [-0.2, 0) is 12.8 Å². The third-order valence-corrected chi connectivity index (χ3v) is 4.48. The van der Waals surface area contributed by atoms with Crippen molar-refractivity contribution in [2.24, 2.45) is 0 Å². The Bertz CT molecular complexity index is 572. The quantitative estimate of drug-likeness (QED) is 0.815. The molecule has 0 aliphatic carbocycles. The lowest BCUT2D eigenvalue weighted by Gasteiger charge is -2.16. The molecule has 20 heavy (non-hydrogen) atoms. The Hall–Kier alpha value is -1.33. The summed E-state index contributed by atoms with van der Waals surface area (Å²) in [6, 6.07) is 5.92. The number of rotatable bonds is 5. The maximum absolute atomic E-state index is 13.3. The Morgan fingerprint density at radius 2 is 1.70 bits per heavy atom. The van der Waals surface area contributed by atoms with E-state index >= 15 is 0 Å². The van der Waals surface area contributed by atoms with Crippen LogP contribution in [0.4, 0.5) is 13.2 Å². The van der Waals surface area contributed by atoms with E-state index in [4.69, 9.17) is 0 Å². The van der Waals surface area contributed by atoms with Gasteiger partial charge in [0, 0.05) is 22.2 Å². The van der Waals surface area contributed by atoms with Gasteiger partial charge in [0.1, 0.15) is 0 Å². The SMILES string of the molecule is CCc1ccc(CC(NC)c2cc(F)c(F)c(F)c2)s1. The van der Waals surface area contributed by atoms with E-state index in [2.05, 4.69) is 18.3 Å². The minimum atomic E-state index is -1.42. The third kappa shape index (κ3) is 3.22. The third-order valence-electron chi connectivity index (χ3n) is 3.23. The zero-order valence-electron chi connectivity index (χ0n) is 11.3. The summed E-state index contributed by atoms with van der Waals surface area (Å²) in [6.07, 6.45) is 1.58. The summed E-state index contributed by atoms with van der Waals surface area (Å²) in [7, 11) is 1.72. The van der Waals surface area contributed by atoms with Gasteiger partial charge in [-0.2, -0.15) is 0 Å². The highest BCUT2D eigenvalue weighted by Crippen LogP contribution is 2.26. The van der Waals surface area contributed by atoms with Crippen molar-refractivity contribution < 1.29 is 13.2 Å². The van der Waals surface area contributed by atoms with Gasteiger partial charge in [-0.3, -0.25) is 0 Å². The molecule has 108 valence electrons. The Morgan fingerprint density at radius 3 is 2.20 bits per heavy atom. The molecule has 1 aromatic carbocycles. The van der Waals surface area contributed by atoms with E-state index < -0.39 is 17.5 Å². The molecule has 0 amide bonds. The predicted octanol–water partition coefficient (Wildman–Crippen LogP) is 4.23. The first-order valence-electron chi connectivity index (χ1n) is 6.44. The second kappa shape index (κ2) is 6.41. The first-order valence-corrected chi connectivity index (χ1v) is 7.26. The van der Waals surface area contributed by atoms with Gasteiger partial charge >= 0.3 is 0 Å². The van der Waals surface area contributed by atoms with Crippen molar-refractivity contribution in [3.05, 3.63) is 57.0 Å². The van der Waals surface area contributed by atoms with Crippen LogP contribution in [0.3, 0.4) is 0 Å². The molecule has 5 heteroatoms. The molecule has 1 nitrogen and oxygen atoms in total. The average Bonchev–Trinajstić information content (AvgIpc) is 2.89. The topological polar surface area (TPSA) is 12.0 Å². The zero-order valence-corrected chi connectivity index (χ0v) is 12.2. The molecular weight excluding hydrogens is 283 g/mol. The monoisotopic (exact) mass is 299 g/mol. The molecule has 1 N–H and O–H groups in total. The minimum Gasteiger partial charge on any atom is -0.313 e. The highest BCUT2D eigenvalue weighted by molar-refractivity contribution is 7.11. The van der Waals surface area contributed by atoms with Crippen LogP contribution in [0.1, 0.15) is 28.3 Å². The molecule has 0 radical (unpaired) electrons. The molecule has 2 aromatic rings. The van der Waals surface area contributed by atoms with Crippen molar-refractivity contribution in [3.8, 4) is 0 Å². The first-order chi connectivity index (χ1) is 9.55. The fraction of sp³-hybridized carbons (Fsp3) is 0.333. The van der Waals surface area contributed by atoms with Gasteiger partial charge in [0.2, 0.25) is 0 Å². The van der Waals surface area contributed by atoms with E-state index in [1.807, 2.05) is 6.07 Å². The maximum atomic E-state index is 13.3. The Morgan fingerprint density at radius 1 is 1.10 bits per heavy atom. The lowest BCUT2D eigenvalue weighted by atomic mass is 10.0. The fourth-order valence-corrected chi connectivity index (χ4v) is 3.09. The molecule has 1 atom stereocenters. The van der Waals surface area contributed by atoms with Crippen LogP contribution in [0.5, 0.6) is 0 Å². The molecule has 1 unspecified atom stereocenters. The first kappa shape index (κ1) is 15.1. The van der Waals surface area contributed by atoms with Gasteiger partial charge in [0.15, 0.2) is 17.5 Å². The second-order valence-electron chi connectivity index (χ2n) is 4.57. The summed E-state index contributed by atoms with van der Waals surface area (Å²) in [6.45, 7) is 2.08. The summed E-state index contributed by atoms with van der Waals surface area (Å²) in [5, 5.41) is 3.02. The number of benzene rings is 1. The van der Waals surface area contributed by atoms with E-state index in [1.165, 1.54) is 4.88 Å². The van der Waals surface area contributed by atoms with Gasteiger partial charge in [-0.1, -0.05) is 6.92 Å². The van der Waals surface area contributed by atoms with Crippen molar-refractivity contribution in [1.82, 2.24) is 5.32 Å². The van der Waals surface area contributed by atoms with Gasteiger partial charge in [0.05, 0.1) is 0 Å². The van der Waals surface area contributed by atoms with E-state index in [1.54, 1.807) is 18.4 Å². The predicted molar refractivity (Wildman–Crippen MR) is 75.5 cm³/mol. The van der Waals surface area contributed by atoms with Crippen LogP contribution in [0, 0.1) is 17.5 Å². The molecule has 0 saturated carbocycles. The van der Waals surface area contributed by atoms with Crippen molar-refractivity contribution >= 4 is 11.3 Å². The Labute approximate surface area is 120 Å². The molecule has 0 bridgehead atoms. The number of hydrogen-bond acceptors (Lipinski definition) is 2.